The topological polar surface area (TPSA) is 28.2 Å². The van der Waals surface area contributed by atoms with Crippen molar-refractivity contribution in [3.63, 3.8) is 0 Å². The van der Waals surface area contributed by atoms with Gasteiger partial charge in [0.1, 0.15) is 0 Å². The number of aryl methyl sites for hydroxylation is 1. The van der Waals surface area contributed by atoms with Crippen LogP contribution >= 0.6 is 23.1 Å². The van der Waals surface area contributed by atoms with Crippen LogP contribution in [0.3, 0.4) is 0 Å². The van der Waals surface area contributed by atoms with Gasteiger partial charge < -0.3 is 10.2 Å². The summed E-state index contributed by atoms with van der Waals surface area (Å²) < 4.78 is 38.6. The summed E-state index contributed by atoms with van der Waals surface area (Å²) in [7, 11) is 1.89. The fraction of sp³-hybridized carbons (Fsp3) is 0.438. The van der Waals surface area contributed by atoms with Crippen LogP contribution in [0.4, 0.5) is 24.5 Å². The van der Waals surface area contributed by atoms with E-state index < -0.39 is 11.2 Å². The van der Waals surface area contributed by atoms with Gasteiger partial charge in [0.2, 0.25) is 0 Å². The number of thioether (sulfide) groups is 1. The second kappa shape index (κ2) is 6.48. The summed E-state index contributed by atoms with van der Waals surface area (Å²) in [5.41, 5.74) is 3.87. The first-order valence-electron chi connectivity index (χ1n) is 7.50. The van der Waals surface area contributed by atoms with Gasteiger partial charge in [0.25, 0.3) is 0 Å². The summed E-state index contributed by atoms with van der Waals surface area (Å²) in [6, 6.07) is 4.18. The minimum atomic E-state index is -4.36. The Hall–Kier alpha value is -1.41. The quantitative estimate of drug-likeness (QED) is 0.783. The van der Waals surface area contributed by atoms with E-state index >= 15 is 0 Å². The van der Waals surface area contributed by atoms with Crippen LogP contribution in [0.5, 0.6) is 0 Å². The number of hydrogen-bond acceptors (Lipinski definition) is 5. The summed E-state index contributed by atoms with van der Waals surface area (Å²) in [5.74, 6) is 0. The van der Waals surface area contributed by atoms with Crippen LogP contribution in [-0.4, -0.2) is 24.8 Å². The standard InChI is InChI=1S/C16H18F3N3S2/c1-9-6-10(7-12(23-3)14(9)20-2)22-5-4-11-13(8-22)24-15(21-11)16(17,18)19/h6-7,20H,4-5,8H2,1-3H3. The van der Waals surface area contributed by atoms with E-state index in [1.165, 1.54) is 0 Å². The Morgan fingerprint density at radius 1 is 1.33 bits per heavy atom. The normalized spacial score (nSPS) is 14.7. The van der Waals surface area contributed by atoms with Crippen molar-refractivity contribution in [2.24, 2.45) is 0 Å². The van der Waals surface area contributed by atoms with Gasteiger partial charge in [-0.2, -0.15) is 13.2 Å². The average Bonchev–Trinajstić information content (AvgIpc) is 2.97. The fourth-order valence-corrected chi connectivity index (χ4v) is 4.63. The number of halogens is 3. The van der Waals surface area contributed by atoms with Crippen molar-refractivity contribution < 1.29 is 13.2 Å². The molecule has 24 heavy (non-hydrogen) atoms. The van der Waals surface area contributed by atoms with Crippen LogP contribution in [0, 0.1) is 6.92 Å². The van der Waals surface area contributed by atoms with Gasteiger partial charge >= 0.3 is 6.18 Å². The first-order valence-corrected chi connectivity index (χ1v) is 9.54. The van der Waals surface area contributed by atoms with Crippen LogP contribution in [0.15, 0.2) is 17.0 Å². The van der Waals surface area contributed by atoms with Gasteiger partial charge in [0, 0.05) is 35.5 Å². The molecule has 1 aromatic heterocycles. The third-order valence-corrected chi connectivity index (χ3v) is 5.98. The van der Waals surface area contributed by atoms with E-state index in [-0.39, 0.29) is 0 Å². The molecule has 0 radical (unpaired) electrons. The van der Waals surface area contributed by atoms with Gasteiger partial charge in [-0.3, -0.25) is 0 Å². The molecule has 130 valence electrons. The summed E-state index contributed by atoms with van der Waals surface area (Å²) in [6.07, 6.45) is -1.79. The smallest absolute Gasteiger partial charge is 0.387 e. The molecule has 3 rings (SSSR count). The van der Waals surface area contributed by atoms with Crippen LogP contribution in [0.25, 0.3) is 0 Å². The highest BCUT2D eigenvalue weighted by Crippen LogP contribution is 2.38. The van der Waals surface area contributed by atoms with Crippen molar-refractivity contribution in [1.82, 2.24) is 4.98 Å². The average molecular weight is 373 g/mol. The van der Waals surface area contributed by atoms with Gasteiger partial charge in [0.15, 0.2) is 5.01 Å². The molecular formula is C16H18F3N3S2. The van der Waals surface area contributed by atoms with Crippen LogP contribution in [0.2, 0.25) is 0 Å². The van der Waals surface area contributed by atoms with E-state index in [2.05, 4.69) is 27.3 Å². The number of thiazole rings is 1. The molecule has 0 amide bonds. The van der Waals surface area contributed by atoms with Crippen molar-refractivity contribution in [3.05, 3.63) is 33.3 Å². The first-order chi connectivity index (χ1) is 11.3. The molecule has 1 N–H and O–H groups in total. The fourth-order valence-electron chi connectivity index (χ4n) is 2.94. The van der Waals surface area contributed by atoms with E-state index in [4.69, 9.17) is 0 Å². The molecule has 2 aromatic rings. The molecule has 0 bridgehead atoms. The maximum Gasteiger partial charge on any atom is 0.443 e. The molecule has 0 aliphatic carbocycles. The largest absolute Gasteiger partial charge is 0.443 e. The predicted octanol–water partition coefficient (Wildman–Crippen LogP) is 4.80. The van der Waals surface area contributed by atoms with E-state index in [0.717, 1.165) is 38.0 Å². The van der Waals surface area contributed by atoms with Crippen LogP contribution in [0.1, 0.15) is 21.1 Å². The molecule has 3 nitrogen and oxygen atoms in total. The van der Waals surface area contributed by atoms with Crippen molar-refractivity contribution in [2.45, 2.75) is 31.0 Å². The number of hydrogen-bond donors (Lipinski definition) is 1. The lowest BCUT2D eigenvalue weighted by atomic mass is 10.1. The third kappa shape index (κ3) is 3.21. The Morgan fingerprint density at radius 2 is 2.08 bits per heavy atom. The minimum Gasteiger partial charge on any atom is -0.387 e. The molecule has 1 aromatic carbocycles. The van der Waals surface area contributed by atoms with Crippen molar-refractivity contribution >= 4 is 34.5 Å². The molecule has 1 aliphatic rings. The number of alkyl halides is 3. The van der Waals surface area contributed by atoms with Gasteiger partial charge in [-0.25, -0.2) is 4.98 Å². The number of nitrogens with zero attached hydrogens (tertiary/aromatic N) is 2. The minimum absolute atomic E-state index is 0.481. The number of benzene rings is 1. The van der Waals surface area contributed by atoms with E-state index in [1.54, 1.807) is 11.8 Å². The van der Waals surface area contributed by atoms with E-state index in [0.29, 0.717) is 25.2 Å². The van der Waals surface area contributed by atoms with Gasteiger partial charge in [0.05, 0.1) is 17.9 Å². The van der Waals surface area contributed by atoms with Crippen molar-refractivity contribution in [3.8, 4) is 0 Å². The Labute approximate surface area is 147 Å². The Balaban J connectivity index is 1.90. The van der Waals surface area contributed by atoms with E-state index in [9.17, 15) is 13.2 Å². The summed E-state index contributed by atoms with van der Waals surface area (Å²) in [6.45, 7) is 3.20. The highest BCUT2D eigenvalue weighted by atomic mass is 32.2. The van der Waals surface area contributed by atoms with E-state index in [1.807, 2.05) is 20.2 Å². The summed E-state index contributed by atoms with van der Waals surface area (Å²) in [5, 5.41) is 2.47. The highest BCUT2D eigenvalue weighted by Gasteiger charge is 2.37. The molecule has 0 saturated carbocycles. The predicted molar refractivity (Wildman–Crippen MR) is 94.4 cm³/mol. The first kappa shape index (κ1) is 17.4. The molecule has 0 saturated heterocycles. The second-order valence-electron chi connectivity index (χ2n) is 5.65. The van der Waals surface area contributed by atoms with Gasteiger partial charge in [-0.05, 0) is 30.9 Å². The maximum atomic E-state index is 12.9. The lowest BCUT2D eigenvalue weighted by Gasteiger charge is -2.29. The van der Waals surface area contributed by atoms with Crippen LogP contribution < -0.4 is 10.2 Å². The van der Waals surface area contributed by atoms with Gasteiger partial charge in [-0.15, -0.1) is 23.1 Å². The lowest BCUT2D eigenvalue weighted by Crippen LogP contribution is -2.29. The van der Waals surface area contributed by atoms with Crippen LogP contribution in [-0.2, 0) is 19.1 Å². The Morgan fingerprint density at radius 3 is 2.71 bits per heavy atom. The molecule has 0 fully saturated rings. The number of nitrogens with one attached hydrogen (secondary N) is 1. The molecule has 1 aliphatic heterocycles. The molecule has 0 atom stereocenters. The zero-order chi connectivity index (χ0) is 17.5. The molecule has 0 spiro atoms. The number of aromatic nitrogens is 1. The monoisotopic (exact) mass is 373 g/mol. The SMILES string of the molecule is CNc1c(C)cc(N2CCc3nc(C(F)(F)F)sc3C2)cc1SC. The second-order valence-corrected chi connectivity index (χ2v) is 7.58. The zero-order valence-electron chi connectivity index (χ0n) is 13.6. The Kier molecular flexibility index (Phi) is 4.70. The highest BCUT2D eigenvalue weighted by molar-refractivity contribution is 7.98. The third-order valence-electron chi connectivity index (χ3n) is 4.09. The van der Waals surface area contributed by atoms with Crippen molar-refractivity contribution in [1.29, 1.82) is 0 Å². The molecule has 2 heterocycles. The lowest BCUT2D eigenvalue weighted by molar-refractivity contribution is -0.137. The number of rotatable bonds is 3. The molecule has 0 unspecified atom stereocenters. The summed E-state index contributed by atoms with van der Waals surface area (Å²) in [4.78, 5) is 7.77. The Bertz CT molecular complexity index is 756. The zero-order valence-corrected chi connectivity index (χ0v) is 15.3. The maximum absolute atomic E-state index is 12.9. The number of anilines is 2. The summed E-state index contributed by atoms with van der Waals surface area (Å²) >= 11 is 2.42. The number of fused-ring (bicyclic) bond motifs is 1. The molecular weight excluding hydrogens is 355 g/mol. The van der Waals surface area contributed by atoms with Crippen molar-refractivity contribution in [2.75, 3.05) is 30.1 Å². The molecule has 8 heteroatoms. The van der Waals surface area contributed by atoms with Gasteiger partial charge in [-0.1, -0.05) is 0 Å².